The van der Waals surface area contributed by atoms with Crippen LogP contribution in [0.1, 0.15) is 42.3 Å². The summed E-state index contributed by atoms with van der Waals surface area (Å²) in [6.07, 6.45) is 6.75. The molecule has 6 nitrogen and oxygen atoms in total. The summed E-state index contributed by atoms with van der Waals surface area (Å²) < 4.78 is 34.7. The molecule has 0 amide bonds. The van der Waals surface area contributed by atoms with Crippen molar-refractivity contribution >= 4 is 28.5 Å². The van der Waals surface area contributed by atoms with Crippen LogP contribution >= 0.6 is 11.6 Å². The van der Waals surface area contributed by atoms with Gasteiger partial charge in [0, 0.05) is 17.7 Å². The van der Waals surface area contributed by atoms with E-state index in [4.69, 9.17) is 21.8 Å². The standard InChI is InChI=1S/C19H20ClF2N5O/c1-10-14-16(17(26-18(20)25-14)24-9-11-5-4-8-28-11)27(19(21)22)15(10)12-6-2-3-7-13(12)23/h2-5,8,12-13,19H,6-7,9,23H2,1H3,(H,24,25,26)/t12-,13-/m0/s1. The summed E-state index contributed by atoms with van der Waals surface area (Å²) in [6, 6.07) is 3.29. The van der Waals surface area contributed by atoms with E-state index in [9.17, 15) is 8.78 Å². The van der Waals surface area contributed by atoms with Crippen molar-refractivity contribution in [1.82, 2.24) is 14.5 Å². The van der Waals surface area contributed by atoms with Crippen LogP contribution in [0.15, 0.2) is 35.0 Å². The van der Waals surface area contributed by atoms with Gasteiger partial charge in [0.1, 0.15) is 11.3 Å². The van der Waals surface area contributed by atoms with E-state index < -0.39 is 6.55 Å². The normalized spacial score (nSPS) is 19.6. The first-order valence-corrected chi connectivity index (χ1v) is 9.38. The highest BCUT2D eigenvalue weighted by atomic mass is 35.5. The molecule has 0 aliphatic heterocycles. The van der Waals surface area contributed by atoms with Gasteiger partial charge in [-0.05, 0) is 49.1 Å². The minimum atomic E-state index is -2.77. The van der Waals surface area contributed by atoms with E-state index in [0.717, 1.165) is 4.57 Å². The van der Waals surface area contributed by atoms with Crippen molar-refractivity contribution in [3.8, 4) is 0 Å². The van der Waals surface area contributed by atoms with E-state index in [-0.39, 0.29) is 35.1 Å². The van der Waals surface area contributed by atoms with E-state index in [1.807, 2.05) is 12.2 Å². The number of rotatable bonds is 5. The lowest BCUT2D eigenvalue weighted by molar-refractivity contribution is 0.0705. The summed E-state index contributed by atoms with van der Waals surface area (Å²) >= 11 is 6.09. The molecule has 148 valence electrons. The second-order valence-corrected chi connectivity index (χ2v) is 7.18. The number of hydrogen-bond acceptors (Lipinski definition) is 5. The van der Waals surface area contributed by atoms with Gasteiger partial charge in [0.05, 0.1) is 18.3 Å². The molecule has 9 heteroatoms. The molecule has 0 bridgehead atoms. The molecule has 3 N–H and O–H groups in total. The second-order valence-electron chi connectivity index (χ2n) is 6.84. The number of aryl methyl sites for hydroxylation is 1. The van der Waals surface area contributed by atoms with Crippen molar-refractivity contribution in [3.63, 3.8) is 0 Å². The molecule has 0 radical (unpaired) electrons. The SMILES string of the molecule is Cc1c([C@H]2CC=CC[C@@H]2N)n(C(F)F)c2c(NCc3ccco3)nc(Cl)nc12. The Bertz CT molecular complexity index is 1020. The number of nitrogens with zero attached hydrogens (tertiary/aromatic N) is 3. The quantitative estimate of drug-likeness (QED) is 0.471. The highest BCUT2D eigenvalue weighted by molar-refractivity contribution is 6.28. The number of hydrogen-bond donors (Lipinski definition) is 2. The van der Waals surface area contributed by atoms with E-state index in [1.165, 1.54) is 0 Å². The molecular weight excluding hydrogens is 388 g/mol. The second kappa shape index (κ2) is 7.52. The lowest BCUT2D eigenvalue weighted by Gasteiger charge is -2.27. The fraction of sp³-hybridized carbons (Fsp3) is 0.368. The number of allylic oxidation sites excluding steroid dienone is 1. The van der Waals surface area contributed by atoms with Gasteiger partial charge in [0.25, 0.3) is 0 Å². The van der Waals surface area contributed by atoms with Crippen LogP contribution in [0.2, 0.25) is 5.28 Å². The molecule has 4 rings (SSSR count). The summed E-state index contributed by atoms with van der Waals surface area (Å²) in [5.74, 6) is 0.653. The number of halogens is 3. The molecule has 28 heavy (non-hydrogen) atoms. The Kier molecular flexibility index (Phi) is 5.07. The number of nitrogens with two attached hydrogens (primary N) is 1. The Hall–Kier alpha value is -2.45. The zero-order valence-corrected chi connectivity index (χ0v) is 16.0. The molecule has 3 aromatic heterocycles. The third-order valence-electron chi connectivity index (χ3n) is 5.13. The van der Waals surface area contributed by atoms with Crippen LogP contribution in [-0.4, -0.2) is 20.6 Å². The van der Waals surface area contributed by atoms with Crippen molar-refractivity contribution < 1.29 is 13.2 Å². The maximum Gasteiger partial charge on any atom is 0.319 e. The summed E-state index contributed by atoms with van der Waals surface area (Å²) in [6.45, 7) is -0.705. The summed E-state index contributed by atoms with van der Waals surface area (Å²) in [5, 5.41) is 3.04. The molecule has 0 saturated carbocycles. The number of nitrogens with one attached hydrogen (secondary N) is 1. The lowest BCUT2D eigenvalue weighted by Crippen LogP contribution is -2.31. The molecule has 0 unspecified atom stereocenters. The van der Waals surface area contributed by atoms with Crippen LogP contribution in [0.4, 0.5) is 14.6 Å². The summed E-state index contributed by atoms with van der Waals surface area (Å²) in [7, 11) is 0. The molecule has 0 fully saturated rings. The average molecular weight is 408 g/mol. The van der Waals surface area contributed by atoms with Crippen LogP contribution in [0.5, 0.6) is 0 Å². The average Bonchev–Trinajstić information content (AvgIpc) is 3.27. The van der Waals surface area contributed by atoms with Gasteiger partial charge in [-0.25, -0.2) is 4.98 Å². The molecular formula is C19H20ClF2N5O. The van der Waals surface area contributed by atoms with Crippen LogP contribution in [0.25, 0.3) is 11.0 Å². The molecule has 3 heterocycles. The Labute approximate surface area is 165 Å². The van der Waals surface area contributed by atoms with Crippen LogP contribution < -0.4 is 11.1 Å². The number of anilines is 1. The Morgan fingerprint density at radius 2 is 2.14 bits per heavy atom. The van der Waals surface area contributed by atoms with Gasteiger partial charge in [0.15, 0.2) is 5.82 Å². The van der Waals surface area contributed by atoms with E-state index in [1.54, 1.807) is 25.3 Å². The highest BCUT2D eigenvalue weighted by Crippen LogP contribution is 2.40. The Balaban J connectivity index is 1.88. The first kappa shape index (κ1) is 18.9. The van der Waals surface area contributed by atoms with Gasteiger partial charge in [-0.1, -0.05) is 12.2 Å². The smallest absolute Gasteiger partial charge is 0.319 e. The first-order valence-electron chi connectivity index (χ1n) is 9.00. The molecule has 2 atom stereocenters. The van der Waals surface area contributed by atoms with Crippen molar-refractivity contribution in [2.45, 2.75) is 44.8 Å². The Morgan fingerprint density at radius 1 is 1.36 bits per heavy atom. The van der Waals surface area contributed by atoms with Crippen molar-refractivity contribution in [1.29, 1.82) is 0 Å². The molecule has 3 aromatic rings. The maximum absolute atomic E-state index is 14.2. The zero-order chi connectivity index (χ0) is 19.8. The van der Waals surface area contributed by atoms with Gasteiger partial charge in [-0.3, -0.25) is 4.57 Å². The molecule has 0 aromatic carbocycles. The van der Waals surface area contributed by atoms with Crippen LogP contribution in [0.3, 0.4) is 0 Å². The minimum Gasteiger partial charge on any atom is -0.467 e. The van der Waals surface area contributed by atoms with E-state index >= 15 is 0 Å². The van der Waals surface area contributed by atoms with Gasteiger partial charge in [-0.2, -0.15) is 13.8 Å². The number of furan rings is 1. The van der Waals surface area contributed by atoms with Gasteiger partial charge in [0.2, 0.25) is 5.28 Å². The number of fused-ring (bicyclic) bond motifs is 1. The zero-order valence-electron chi connectivity index (χ0n) is 15.2. The molecule has 1 aliphatic rings. The summed E-state index contributed by atoms with van der Waals surface area (Å²) in [4.78, 5) is 8.41. The number of aromatic nitrogens is 3. The lowest BCUT2D eigenvalue weighted by atomic mass is 9.85. The van der Waals surface area contributed by atoms with Crippen molar-refractivity contribution in [3.05, 3.63) is 52.8 Å². The Morgan fingerprint density at radius 3 is 2.82 bits per heavy atom. The monoisotopic (exact) mass is 407 g/mol. The molecule has 0 saturated heterocycles. The largest absolute Gasteiger partial charge is 0.467 e. The number of alkyl halides is 2. The fourth-order valence-electron chi connectivity index (χ4n) is 3.86. The van der Waals surface area contributed by atoms with E-state index in [0.29, 0.717) is 35.4 Å². The minimum absolute atomic E-state index is 0.0108. The van der Waals surface area contributed by atoms with Gasteiger partial charge >= 0.3 is 6.55 Å². The van der Waals surface area contributed by atoms with Gasteiger partial charge < -0.3 is 15.5 Å². The molecule has 1 aliphatic carbocycles. The highest BCUT2D eigenvalue weighted by Gasteiger charge is 2.32. The van der Waals surface area contributed by atoms with E-state index in [2.05, 4.69) is 15.3 Å². The maximum atomic E-state index is 14.2. The third kappa shape index (κ3) is 3.27. The first-order chi connectivity index (χ1) is 13.5. The van der Waals surface area contributed by atoms with Gasteiger partial charge in [-0.15, -0.1) is 0 Å². The van der Waals surface area contributed by atoms with Crippen molar-refractivity contribution in [2.24, 2.45) is 5.73 Å². The van der Waals surface area contributed by atoms with Crippen molar-refractivity contribution in [2.75, 3.05) is 5.32 Å². The fourth-order valence-corrected chi connectivity index (χ4v) is 4.03. The van der Waals surface area contributed by atoms with Crippen LogP contribution in [0, 0.1) is 6.92 Å². The predicted molar refractivity (Wildman–Crippen MR) is 104 cm³/mol. The van der Waals surface area contributed by atoms with Crippen LogP contribution in [-0.2, 0) is 6.54 Å². The molecule has 0 spiro atoms. The topological polar surface area (TPSA) is 81.9 Å². The third-order valence-corrected chi connectivity index (χ3v) is 5.30. The predicted octanol–water partition coefficient (Wildman–Crippen LogP) is 4.75. The summed E-state index contributed by atoms with van der Waals surface area (Å²) in [5.41, 5.74) is 8.02.